The van der Waals surface area contributed by atoms with Crippen molar-refractivity contribution in [3.8, 4) is 0 Å². The Morgan fingerprint density at radius 1 is 1.73 bits per heavy atom. The van der Waals surface area contributed by atoms with Gasteiger partial charge in [0, 0.05) is 6.21 Å². The molecule has 0 saturated carbocycles. The highest BCUT2D eigenvalue weighted by atomic mass is 16.5. The third kappa shape index (κ3) is 7.22. The van der Waals surface area contributed by atoms with E-state index >= 15 is 0 Å². The third-order valence-electron chi connectivity index (χ3n) is 1.16. The molecule has 0 saturated heterocycles. The molecule has 0 heterocycles. The number of nitrogens with zero attached hydrogens (tertiary/aromatic N) is 1. The van der Waals surface area contributed by atoms with E-state index in [1.807, 2.05) is 13.0 Å². The summed E-state index contributed by atoms with van der Waals surface area (Å²) in [5, 5.41) is 8.27. The third-order valence-corrected chi connectivity index (χ3v) is 1.16. The topological polar surface area (TPSA) is 41.8 Å². The number of hydrogen-bond acceptors (Lipinski definition) is 3. The molecule has 0 unspecified atom stereocenters. The van der Waals surface area contributed by atoms with E-state index in [1.54, 1.807) is 6.21 Å². The van der Waals surface area contributed by atoms with Crippen LogP contribution < -0.4 is 0 Å². The Bertz CT molecular complexity index is 123. The maximum absolute atomic E-state index is 8.27. The van der Waals surface area contributed by atoms with E-state index in [2.05, 4.69) is 11.6 Å². The lowest BCUT2D eigenvalue weighted by atomic mass is 10.3. The molecule has 0 aliphatic carbocycles. The maximum Gasteiger partial charge on any atom is 0.133 e. The van der Waals surface area contributed by atoms with Crippen molar-refractivity contribution in [3.63, 3.8) is 0 Å². The van der Waals surface area contributed by atoms with Crippen LogP contribution in [0.5, 0.6) is 0 Å². The minimum atomic E-state index is -0.167. The predicted octanol–water partition coefficient (Wildman–Crippen LogP) is 0.988. The van der Waals surface area contributed by atoms with Crippen LogP contribution in [-0.2, 0) is 4.74 Å². The molecular formula is C8H15NO2. The van der Waals surface area contributed by atoms with Crippen molar-refractivity contribution >= 4 is 6.21 Å². The molecule has 11 heavy (non-hydrogen) atoms. The van der Waals surface area contributed by atoms with E-state index in [4.69, 9.17) is 9.84 Å². The van der Waals surface area contributed by atoms with E-state index in [0.717, 1.165) is 6.42 Å². The van der Waals surface area contributed by atoms with Crippen molar-refractivity contribution in [2.24, 2.45) is 4.99 Å². The number of aliphatic hydroxyl groups excluding tert-OH is 1. The van der Waals surface area contributed by atoms with Gasteiger partial charge >= 0.3 is 0 Å². The average molecular weight is 157 g/mol. The van der Waals surface area contributed by atoms with Gasteiger partial charge in [-0.3, -0.25) is 4.99 Å². The van der Waals surface area contributed by atoms with E-state index in [-0.39, 0.29) is 12.8 Å². The number of aliphatic hydroxyl groups is 1. The zero-order chi connectivity index (χ0) is 8.53. The Kier molecular flexibility index (Phi) is 6.98. The van der Waals surface area contributed by atoms with Gasteiger partial charge in [0.15, 0.2) is 0 Å². The smallest absolute Gasteiger partial charge is 0.133 e. The Balaban J connectivity index is 3.22. The van der Waals surface area contributed by atoms with Gasteiger partial charge in [0.2, 0.25) is 0 Å². The number of hydrogen-bond donors (Lipinski definition) is 1. The summed E-state index contributed by atoms with van der Waals surface area (Å²) < 4.78 is 5.25. The quantitative estimate of drug-likeness (QED) is 0.461. The zero-order valence-electron chi connectivity index (χ0n) is 6.86. The fourth-order valence-electron chi connectivity index (χ4n) is 0.620. The SMILES string of the molecule is C=CC[C@H](C)OC/C=N/CO. The van der Waals surface area contributed by atoms with Crippen molar-refractivity contribution in [2.75, 3.05) is 13.3 Å². The Morgan fingerprint density at radius 2 is 2.45 bits per heavy atom. The lowest BCUT2D eigenvalue weighted by molar-refractivity contribution is 0.100. The second-order valence-corrected chi connectivity index (χ2v) is 2.17. The van der Waals surface area contributed by atoms with Gasteiger partial charge in [-0.1, -0.05) is 6.08 Å². The molecule has 0 fully saturated rings. The van der Waals surface area contributed by atoms with Crippen LogP contribution in [0.2, 0.25) is 0 Å². The Labute approximate surface area is 67.4 Å². The van der Waals surface area contributed by atoms with Crippen LogP contribution in [0.3, 0.4) is 0 Å². The van der Waals surface area contributed by atoms with Gasteiger partial charge in [0.1, 0.15) is 6.73 Å². The molecule has 1 N–H and O–H groups in total. The molecule has 3 heteroatoms. The first-order valence-electron chi connectivity index (χ1n) is 3.63. The molecular weight excluding hydrogens is 142 g/mol. The van der Waals surface area contributed by atoms with Crippen molar-refractivity contribution in [1.82, 2.24) is 0 Å². The highest BCUT2D eigenvalue weighted by molar-refractivity contribution is 5.58. The summed E-state index contributed by atoms with van der Waals surface area (Å²) >= 11 is 0. The van der Waals surface area contributed by atoms with E-state index in [0.29, 0.717) is 6.61 Å². The standard InChI is InChI=1S/C8H15NO2/c1-3-4-8(2)11-6-5-9-7-10/h3,5,8,10H,1,4,6-7H2,2H3/b9-5+/t8-/m0/s1. The summed E-state index contributed by atoms with van der Waals surface area (Å²) in [6, 6.07) is 0. The summed E-state index contributed by atoms with van der Waals surface area (Å²) in [7, 11) is 0. The van der Waals surface area contributed by atoms with Gasteiger partial charge in [-0.2, -0.15) is 0 Å². The molecule has 0 rings (SSSR count). The maximum atomic E-state index is 8.27. The van der Waals surface area contributed by atoms with Crippen molar-refractivity contribution in [2.45, 2.75) is 19.4 Å². The van der Waals surface area contributed by atoms with Gasteiger partial charge in [-0.25, -0.2) is 0 Å². The van der Waals surface area contributed by atoms with Gasteiger partial charge in [-0.05, 0) is 13.3 Å². The van der Waals surface area contributed by atoms with Crippen molar-refractivity contribution < 1.29 is 9.84 Å². The summed E-state index contributed by atoms with van der Waals surface area (Å²) in [6.07, 6.45) is 4.39. The second kappa shape index (κ2) is 7.44. The summed E-state index contributed by atoms with van der Waals surface area (Å²) in [5.74, 6) is 0. The molecule has 0 aromatic rings. The number of ether oxygens (including phenoxy) is 1. The van der Waals surface area contributed by atoms with Crippen molar-refractivity contribution in [1.29, 1.82) is 0 Å². The largest absolute Gasteiger partial charge is 0.375 e. The minimum Gasteiger partial charge on any atom is -0.375 e. The predicted molar refractivity (Wildman–Crippen MR) is 45.8 cm³/mol. The summed E-state index contributed by atoms with van der Waals surface area (Å²) in [6.45, 7) is 5.84. The van der Waals surface area contributed by atoms with Crippen LogP contribution in [0.1, 0.15) is 13.3 Å². The van der Waals surface area contributed by atoms with Crippen LogP contribution in [0, 0.1) is 0 Å². The van der Waals surface area contributed by atoms with Crippen LogP contribution in [0.25, 0.3) is 0 Å². The van der Waals surface area contributed by atoms with Crippen molar-refractivity contribution in [3.05, 3.63) is 12.7 Å². The van der Waals surface area contributed by atoms with E-state index in [1.165, 1.54) is 0 Å². The Hall–Kier alpha value is -0.670. The van der Waals surface area contributed by atoms with E-state index < -0.39 is 0 Å². The summed E-state index contributed by atoms with van der Waals surface area (Å²) in [5.41, 5.74) is 0. The molecule has 0 radical (unpaired) electrons. The van der Waals surface area contributed by atoms with Gasteiger partial charge in [0.25, 0.3) is 0 Å². The van der Waals surface area contributed by atoms with Gasteiger partial charge in [0.05, 0.1) is 12.7 Å². The molecule has 0 amide bonds. The molecule has 0 aliphatic rings. The van der Waals surface area contributed by atoms with Gasteiger partial charge in [-0.15, -0.1) is 6.58 Å². The molecule has 0 aliphatic heterocycles. The first-order valence-corrected chi connectivity index (χ1v) is 3.63. The van der Waals surface area contributed by atoms with Crippen LogP contribution in [-0.4, -0.2) is 30.8 Å². The molecule has 0 spiro atoms. The molecule has 0 aromatic heterocycles. The zero-order valence-corrected chi connectivity index (χ0v) is 6.86. The Morgan fingerprint density at radius 3 is 3.00 bits per heavy atom. The van der Waals surface area contributed by atoms with Crippen LogP contribution in [0.4, 0.5) is 0 Å². The first-order chi connectivity index (χ1) is 5.31. The van der Waals surface area contributed by atoms with Crippen LogP contribution in [0.15, 0.2) is 17.6 Å². The molecule has 0 aromatic carbocycles. The average Bonchev–Trinajstić information content (AvgIpc) is 1.99. The van der Waals surface area contributed by atoms with E-state index in [9.17, 15) is 0 Å². The molecule has 1 atom stereocenters. The number of rotatable bonds is 6. The first kappa shape index (κ1) is 10.3. The molecule has 3 nitrogen and oxygen atoms in total. The molecule has 0 bridgehead atoms. The normalized spacial score (nSPS) is 13.6. The lowest BCUT2D eigenvalue weighted by Gasteiger charge is -2.07. The minimum absolute atomic E-state index is 0.167. The summed E-state index contributed by atoms with van der Waals surface area (Å²) in [4.78, 5) is 3.58. The highest BCUT2D eigenvalue weighted by Gasteiger charge is 1.95. The fraction of sp³-hybridized carbons (Fsp3) is 0.625. The van der Waals surface area contributed by atoms with Gasteiger partial charge < -0.3 is 9.84 Å². The molecule has 64 valence electrons. The lowest BCUT2D eigenvalue weighted by Crippen LogP contribution is -2.08. The van der Waals surface area contributed by atoms with Crippen LogP contribution >= 0.6 is 0 Å². The highest BCUT2D eigenvalue weighted by Crippen LogP contribution is 1.95. The second-order valence-electron chi connectivity index (χ2n) is 2.17. The fourth-order valence-corrected chi connectivity index (χ4v) is 0.620. The number of aliphatic imine (C=N–C) groups is 1. The monoisotopic (exact) mass is 157 g/mol.